The molecule has 2 aliphatic rings. The standard InChI is InChI=1S/C16H30N2O2/c1-15(2)12-18(10-6-13(15)17)14(19)16(9-11-20-3)7-4-5-8-16/h13H,4-12,17H2,1-3H3. The number of rotatable bonds is 4. The lowest BCUT2D eigenvalue weighted by molar-refractivity contribution is -0.146. The fourth-order valence-corrected chi connectivity index (χ4v) is 3.80. The second kappa shape index (κ2) is 6.02. The predicted octanol–water partition coefficient (Wildman–Crippen LogP) is 2.17. The molecule has 1 heterocycles. The summed E-state index contributed by atoms with van der Waals surface area (Å²) in [6.45, 7) is 6.64. The molecule has 4 nitrogen and oxygen atoms in total. The molecule has 1 aliphatic heterocycles. The molecule has 20 heavy (non-hydrogen) atoms. The van der Waals surface area contributed by atoms with Gasteiger partial charge in [0.15, 0.2) is 0 Å². The number of amides is 1. The molecule has 116 valence electrons. The molecule has 0 spiro atoms. The first-order valence-corrected chi connectivity index (χ1v) is 7.95. The smallest absolute Gasteiger partial charge is 0.228 e. The number of piperidine rings is 1. The van der Waals surface area contributed by atoms with Crippen molar-refractivity contribution in [2.45, 2.75) is 58.4 Å². The third-order valence-electron chi connectivity index (χ3n) is 5.40. The first-order chi connectivity index (χ1) is 9.41. The van der Waals surface area contributed by atoms with Crippen molar-refractivity contribution in [3.63, 3.8) is 0 Å². The third kappa shape index (κ3) is 3.01. The van der Waals surface area contributed by atoms with Crippen LogP contribution in [0.25, 0.3) is 0 Å². The minimum atomic E-state index is -0.159. The summed E-state index contributed by atoms with van der Waals surface area (Å²) in [5.74, 6) is 0.354. The Morgan fingerprint density at radius 1 is 1.35 bits per heavy atom. The van der Waals surface area contributed by atoms with Gasteiger partial charge >= 0.3 is 0 Å². The molecule has 1 unspecified atom stereocenters. The summed E-state index contributed by atoms with van der Waals surface area (Å²) >= 11 is 0. The normalized spacial score (nSPS) is 28.6. The van der Waals surface area contributed by atoms with E-state index >= 15 is 0 Å². The lowest BCUT2D eigenvalue weighted by Gasteiger charge is -2.45. The van der Waals surface area contributed by atoms with Gasteiger partial charge in [0.05, 0.1) is 5.41 Å². The van der Waals surface area contributed by atoms with Crippen LogP contribution in [-0.2, 0) is 9.53 Å². The van der Waals surface area contributed by atoms with Gasteiger partial charge in [0.1, 0.15) is 0 Å². The van der Waals surface area contributed by atoms with E-state index in [0.29, 0.717) is 12.5 Å². The van der Waals surface area contributed by atoms with E-state index in [9.17, 15) is 4.79 Å². The molecule has 1 saturated heterocycles. The molecule has 1 aliphatic carbocycles. The molecule has 0 aromatic carbocycles. The van der Waals surface area contributed by atoms with E-state index in [4.69, 9.17) is 10.5 Å². The molecule has 4 heteroatoms. The molecule has 0 radical (unpaired) electrons. The van der Waals surface area contributed by atoms with E-state index < -0.39 is 0 Å². The van der Waals surface area contributed by atoms with Crippen molar-refractivity contribution in [3.05, 3.63) is 0 Å². The van der Waals surface area contributed by atoms with Crippen LogP contribution in [0.2, 0.25) is 0 Å². The highest BCUT2D eigenvalue weighted by Crippen LogP contribution is 2.44. The van der Waals surface area contributed by atoms with Crippen molar-refractivity contribution in [2.75, 3.05) is 26.8 Å². The molecular formula is C16H30N2O2. The Morgan fingerprint density at radius 2 is 2.00 bits per heavy atom. The maximum absolute atomic E-state index is 13.1. The van der Waals surface area contributed by atoms with Gasteiger partial charge in [0.2, 0.25) is 5.91 Å². The van der Waals surface area contributed by atoms with E-state index in [1.807, 2.05) is 0 Å². The van der Waals surface area contributed by atoms with E-state index in [2.05, 4.69) is 18.7 Å². The van der Waals surface area contributed by atoms with Gasteiger partial charge in [0.25, 0.3) is 0 Å². The summed E-state index contributed by atoms with van der Waals surface area (Å²) in [5, 5.41) is 0. The van der Waals surface area contributed by atoms with Crippen molar-refractivity contribution in [1.29, 1.82) is 0 Å². The fourth-order valence-electron chi connectivity index (χ4n) is 3.80. The van der Waals surface area contributed by atoms with E-state index in [-0.39, 0.29) is 16.9 Å². The fraction of sp³-hybridized carbons (Fsp3) is 0.938. The lowest BCUT2D eigenvalue weighted by atomic mass is 9.76. The Bertz CT molecular complexity index is 348. The molecule has 1 atom stereocenters. The molecule has 0 aromatic heterocycles. The van der Waals surface area contributed by atoms with Gasteiger partial charge in [-0.2, -0.15) is 0 Å². The Kier molecular flexibility index (Phi) is 4.75. The zero-order chi connectivity index (χ0) is 14.8. The van der Waals surface area contributed by atoms with Crippen LogP contribution in [0.4, 0.5) is 0 Å². The van der Waals surface area contributed by atoms with Gasteiger partial charge in [-0.1, -0.05) is 26.7 Å². The zero-order valence-corrected chi connectivity index (χ0v) is 13.3. The predicted molar refractivity (Wildman–Crippen MR) is 80.3 cm³/mol. The maximum Gasteiger partial charge on any atom is 0.228 e. The number of hydrogen-bond acceptors (Lipinski definition) is 3. The van der Waals surface area contributed by atoms with Gasteiger partial charge in [-0.15, -0.1) is 0 Å². The molecule has 1 amide bonds. The number of hydrogen-bond donors (Lipinski definition) is 1. The van der Waals surface area contributed by atoms with E-state index in [1.165, 1.54) is 12.8 Å². The first kappa shape index (κ1) is 15.8. The van der Waals surface area contributed by atoms with Crippen LogP contribution >= 0.6 is 0 Å². The average molecular weight is 282 g/mol. The molecule has 0 bridgehead atoms. The average Bonchev–Trinajstić information content (AvgIpc) is 2.88. The SMILES string of the molecule is COCCC1(C(=O)N2CCC(N)C(C)(C)C2)CCCC1. The highest BCUT2D eigenvalue weighted by atomic mass is 16.5. The van der Waals surface area contributed by atoms with Crippen molar-refractivity contribution >= 4 is 5.91 Å². The minimum Gasteiger partial charge on any atom is -0.385 e. The monoisotopic (exact) mass is 282 g/mol. The van der Waals surface area contributed by atoms with Crippen molar-refractivity contribution < 1.29 is 9.53 Å². The highest BCUT2D eigenvalue weighted by molar-refractivity contribution is 5.83. The maximum atomic E-state index is 13.1. The van der Waals surface area contributed by atoms with Gasteiger partial charge in [-0.3, -0.25) is 4.79 Å². The van der Waals surface area contributed by atoms with Gasteiger partial charge in [0, 0.05) is 32.8 Å². The molecule has 2 N–H and O–H groups in total. The summed E-state index contributed by atoms with van der Waals surface area (Å²) in [5.41, 5.74) is 6.05. The van der Waals surface area contributed by atoms with Gasteiger partial charge in [-0.25, -0.2) is 0 Å². The lowest BCUT2D eigenvalue weighted by Crippen LogP contribution is -2.56. The molecule has 0 aromatic rings. The van der Waals surface area contributed by atoms with Crippen LogP contribution in [0, 0.1) is 10.8 Å². The van der Waals surface area contributed by atoms with Crippen LogP contribution in [0.3, 0.4) is 0 Å². The Morgan fingerprint density at radius 3 is 2.55 bits per heavy atom. The number of methoxy groups -OCH3 is 1. The third-order valence-corrected chi connectivity index (χ3v) is 5.40. The molecular weight excluding hydrogens is 252 g/mol. The highest BCUT2D eigenvalue weighted by Gasteiger charge is 2.45. The number of nitrogens with zero attached hydrogens (tertiary/aromatic N) is 1. The molecule has 2 rings (SSSR count). The van der Waals surface area contributed by atoms with Crippen LogP contribution in [0.1, 0.15) is 52.4 Å². The number of ether oxygens (including phenoxy) is 1. The van der Waals surface area contributed by atoms with Crippen LogP contribution < -0.4 is 5.73 Å². The Labute approximate surface area is 123 Å². The minimum absolute atomic E-state index is 0.0228. The summed E-state index contributed by atoms with van der Waals surface area (Å²) in [7, 11) is 1.72. The van der Waals surface area contributed by atoms with E-state index in [0.717, 1.165) is 38.8 Å². The quantitative estimate of drug-likeness (QED) is 0.860. The van der Waals surface area contributed by atoms with Crippen molar-refractivity contribution in [2.24, 2.45) is 16.6 Å². The second-order valence-electron chi connectivity index (χ2n) is 7.34. The van der Waals surface area contributed by atoms with E-state index in [1.54, 1.807) is 7.11 Å². The largest absolute Gasteiger partial charge is 0.385 e. The number of likely N-dealkylation sites (tertiary alicyclic amines) is 1. The van der Waals surface area contributed by atoms with Crippen LogP contribution in [0.15, 0.2) is 0 Å². The summed E-state index contributed by atoms with van der Waals surface area (Å²) < 4.78 is 5.23. The molecule has 2 fully saturated rings. The summed E-state index contributed by atoms with van der Waals surface area (Å²) in [6.07, 6.45) is 6.18. The van der Waals surface area contributed by atoms with Gasteiger partial charge < -0.3 is 15.4 Å². The van der Waals surface area contributed by atoms with Gasteiger partial charge in [-0.05, 0) is 31.1 Å². The van der Waals surface area contributed by atoms with Crippen LogP contribution in [-0.4, -0.2) is 43.7 Å². The summed E-state index contributed by atoms with van der Waals surface area (Å²) in [6, 6.07) is 0.199. The number of carbonyl (C=O) groups excluding carboxylic acids is 1. The number of carbonyl (C=O) groups is 1. The van der Waals surface area contributed by atoms with Crippen molar-refractivity contribution in [1.82, 2.24) is 4.90 Å². The first-order valence-electron chi connectivity index (χ1n) is 7.95. The second-order valence-corrected chi connectivity index (χ2v) is 7.34. The van der Waals surface area contributed by atoms with Crippen LogP contribution in [0.5, 0.6) is 0 Å². The topological polar surface area (TPSA) is 55.6 Å². The molecule has 1 saturated carbocycles. The Hall–Kier alpha value is -0.610. The number of nitrogens with two attached hydrogens (primary N) is 1. The Balaban J connectivity index is 2.08. The van der Waals surface area contributed by atoms with Crippen molar-refractivity contribution in [3.8, 4) is 0 Å². The zero-order valence-electron chi connectivity index (χ0n) is 13.3. The summed E-state index contributed by atoms with van der Waals surface area (Å²) in [4.78, 5) is 15.1.